The minimum absolute atomic E-state index is 0.0514. The molecule has 0 aromatic carbocycles. The van der Waals surface area contributed by atoms with Gasteiger partial charge in [-0.2, -0.15) is 0 Å². The Kier molecular flexibility index (Phi) is 3.48. The van der Waals surface area contributed by atoms with Crippen LogP contribution in [0.3, 0.4) is 0 Å². The standard InChI is InChI=1S/C7H10N4O3/c8-6(12)14-4-2-10-7(13)11-3-1-9-5-11/h1,3,5H,2,4H2,(H2,8,12)(H,10,13). The summed E-state index contributed by atoms with van der Waals surface area (Å²) in [5.74, 6) is 0. The van der Waals surface area contributed by atoms with E-state index in [4.69, 9.17) is 5.73 Å². The second-order valence-corrected chi connectivity index (χ2v) is 2.37. The molecule has 0 saturated heterocycles. The summed E-state index contributed by atoms with van der Waals surface area (Å²) in [6.45, 7) is 0.260. The van der Waals surface area contributed by atoms with E-state index in [1.54, 1.807) is 0 Å². The van der Waals surface area contributed by atoms with E-state index in [9.17, 15) is 9.59 Å². The summed E-state index contributed by atoms with van der Waals surface area (Å²) >= 11 is 0. The Hall–Kier alpha value is -2.05. The van der Waals surface area contributed by atoms with Crippen LogP contribution in [0.25, 0.3) is 0 Å². The van der Waals surface area contributed by atoms with Crippen LogP contribution in [0.2, 0.25) is 0 Å². The summed E-state index contributed by atoms with van der Waals surface area (Å²) in [6, 6.07) is -0.337. The minimum atomic E-state index is -0.859. The van der Waals surface area contributed by atoms with E-state index in [0.717, 1.165) is 0 Å². The predicted molar refractivity (Wildman–Crippen MR) is 46.6 cm³/mol. The van der Waals surface area contributed by atoms with Crippen LogP contribution in [-0.2, 0) is 4.74 Å². The molecule has 0 radical (unpaired) electrons. The first-order valence-electron chi connectivity index (χ1n) is 3.88. The average molecular weight is 198 g/mol. The smallest absolute Gasteiger partial charge is 0.404 e. The molecule has 1 aromatic heterocycles. The zero-order valence-corrected chi connectivity index (χ0v) is 7.34. The third-order valence-electron chi connectivity index (χ3n) is 1.36. The number of nitrogens with two attached hydrogens (primary N) is 1. The summed E-state index contributed by atoms with van der Waals surface area (Å²) in [5, 5.41) is 2.49. The van der Waals surface area contributed by atoms with Gasteiger partial charge in [-0.25, -0.2) is 14.6 Å². The number of primary amides is 1. The molecule has 1 heterocycles. The lowest BCUT2D eigenvalue weighted by Crippen LogP contribution is -2.31. The highest BCUT2D eigenvalue weighted by Crippen LogP contribution is 1.84. The molecule has 0 aliphatic rings. The first-order chi connectivity index (χ1) is 6.70. The summed E-state index contributed by atoms with van der Waals surface area (Å²) < 4.78 is 5.68. The van der Waals surface area contributed by atoms with E-state index < -0.39 is 6.09 Å². The van der Waals surface area contributed by atoms with E-state index in [-0.39, 0.29) is 19.2 Å². The molecule has 7 nitrogen and oxygen atoms in total. The molecule has 0 spiro atoms. The summed E-state index contributed by atoms with van der Waals surface area (Å²) in [6.07, 6.45) is 3.50. The van der Waals surface area contributed by atoms with E-state index in [2.05, 4.69) is 15.0 Å². The Morgan fingerprint density at radius 1 is 1.57 bits per heavy atom. The van der Waals surface area contributed by atoms with E-state index >= 15 is 0 Å². The highest BCUT2D eigenvalue weighted by molar-refractivity contribution is 5.76. The number of amides is 2. The van der Waals surface area contributed by atoms with Crippen LogP contribution in [0, 0.1) is 0 Å². The first-order valence-corrected chi connectivity index (χ1v) is 3.88. The van der Waals surface area contributed by atoms with Crippen molar-refractivity contribution in [1.82, 2.24) is 14.9 Å². The Morgan fingerprint density at radius 2 is 2.36 bits per heavy atom. The minimum Gasteiger partial charge on any atom is -0.448 e. The molecule has 2 amide bonds. The molecule has 76 valence electrons. The van der Waals surface area contributed by atoms with Gasteiger partial charge in [0.2, 0.25) is 0 Å². The lowest BCUT2D eigenvalue weighted by Gasteiger charge is -2.04. The fourth-order valence-electron chi connectivity index (χ4n) is 0.780. The molecule has 0 aliphatic heterocycles. The van der Waals surface area contributed by atoms with Gasteiger partial charge in [0.1, 0.15) is 12.9 Å². The van der Waals surface area contributed by atoms with Crippen molar-refractivity contribution in [2.45, 2.75) is 0 Å². The summed E-state index contributed by atoms with van der Waals surface area (Å²) in [7, 11) is 0. The molecule has 0 fully saturated rings. The molecular weight excluding hydrogens is 188 g/mol. The fourth-order valence-corrected chi connectivity index (χ4v) is 0.780. The molecule has 7 heteroatoms. The molecular formula is C7H10N4O3. The van der Waals surface area contributed by atoms with Crippen LogP contribution in [-0.4, -0.2) is 34.8 Å². The van der Waals surface area contributed by atoms with Crippen LogP contribution in [0.15, 0.2) is 18.7 Å². The van der Waals surface area contributed by atoms with Crippen molar-refractivity contribution in [2.75, 3.05) is 13.2 Å². The zero-order valence-electron chi connectivity index (χ0n) is 7.34. The van der Waals surface area contributed by atoms with Crippen LogP contribution in [0.1, 0.15) is 0 Å². The van der Waals surface area contributed by atoms with Gasteiger partial charge in [0, 0.05) is 12.4 Å². The molecule has 1 aromatic rings. The second-order valence-electron chi connectivity index (χ2n) is 2.37. The predicted octanol–water partition coefficient (Wildman–Crippen LogP) is -0.464. The number of rotatable bonds is 3. The van der Waals surface area contributed by atoms with Gasteiger partial charge in [-0.05, 0) is 0 Å². The number of nitrogens with one attached hydrogen (secondary N) is 1. The molecule has 1 rings (SSSR count). The molecule has 14 heavy (non-hydrogen) atoms. The topological polar surface area (TPSA) is 99.2 Å². The molecule has 3 N–H and O–H groups in total. The Morgan fingerprint density at radius 3 is 2.93 bits per heavy atom. The van der Waals surface area contributed by atoms with E-state index in [1.807, 2.05) is 0 Å². The summed E-state index contributed by atoms with van der Waals surface area (Å²) in [5.41, 5.74) is 4.71. The third-order valence-corrected chi connectivity index (χ3v) is 1.36. The van der Waals surface area contributed by atoms with Crippen LogP contribution >= 0.6 is 0 Å². The maximum absolute atomic E-state index is 11.2. The maximum Gasteiger partial charge on any atom is 0.404 e. The number of hydrogen-bond acceptors (Lipinski definition) is 4. The van der Waals surface area contributed by atoms with Crippen molar-refractivity contribution in [3.63, 3.8) is 0 Å². The van der Waals surface area contributed by atoms with Gasteiger partial charge in [-0.3, -0.25) is 4.57 Å². The average Bonchev–Trinajstić information content (AvgIpc) is 2.64. The maximum atomic E-state index is 11.2. The lowest BCUT2D eigenvalue weighted by atomic mass is 10.6. The van der Waals surface area contributed by atoms with Crippen molar-refractivity contribution in [3.8, 4) is 0 Å². The quantitative estimate of drug-likeness (QED) is 0.641. The van der Waals surface area contributed by atoms with Gasteiger partial charge < -0.3 is 15.8 Å². The number of imidazole rings is 1. The van der Waals surface area contributed by atoms with Gasteiger partial charge in [0.25, 0.3) is 0 Å². The van der Waals surface area contributed by atoms with Gasteiger partial charge in [0.05, 0.1) is 6.54 Å². The second kappa shape index (κ2) is 4.85. The number of aromatic nitrogens is 2. The Balaban J connectivity index is 2.19. The largest absolute Gasteiger partial charge is 0.448 e. The van der Waals surface area contributed by atoms with E-state index in [0.29, 0.717) is 0 Å². The zero-order chi connectivity index (χ0) is 10.4. The van der Waals surface area contributed by atoms with Crippen LogP contribution in [0.5, 0.6) is 0 Å². The van der Waals surface area contributed by atoms with Crippen LogP contribution in [0.4, 0.5) is 9.59 Å². The SMILES string of the molecule is NC(=O)OCCNC(=O)n1ccnc1. The molecule has 0 saturated carbocycles. The first kappa shape index (κ1) is 10.0. The normalized spacial score (nSPS) is 9.43. The van der Waals surface area contributed by atoms with Gasteiger partial charge in [0.15, 0.2) is 0 Å². The van der Waals surface area contributed by atoms with Crippen molar-refractivity contribution >= 4 is 12.1 Å². The highest BCUT2D eigenvalue weighted by atomic mass is 16.5. The fraction of sp³-hybridized carbons (Fsp3) is 0.286. The van der Waals surface area contributed by atoms with Crippen molar-refractivity contribution in [1.29, 1.82) is 0 Å². The van der Waals surface area contributed by atoms with Crippen LogP contribution < -0.4 is 11.1 Å². The molecule has 0 aliphatic carbocycles. The third kappa shape index (κ3) is 3.13. The molecule has 0 atom stereocenters. The van der Waals surface area contributed by atoms with Gasteiger partial charge in [-0.15, -0.1) is 0 Å². The van der Waals surface area contributed by atoms with E-state index in [1.165, 1.54) is 23.3 Å². The highest BCUT2D eigenvalue weighted by Gasteiger charge is 2.01. The van der Waals surface area contributed by atoms with Crippen molar-refractivity contribution in [3.05, 3.63) is 18.7 Å². The van der Waals surface area contributed by atoms with Gasteiger partial charge in [-0.1, -0.05) is 0 Å². The van der Waals surface area contributed by atoms with Gasteiger partial charge >= 0.3 is 12.1 Å². The number of hydrogen-bond donors (Lipinski definition) is 2. The Bertz CT molecular complexity index is 309. The monoisotopic (exact) mass is 198 g/mol. The molecule has 0 bridgehead atoms. The number of nitrogens with zero attached hydrogens (tertiary/aromatic N) is 2. The number of ether oxygens (including phenoxy) is 1. The number of carbonyl (C=O) groups excluding carboxylic acids is 2. The number of carbonyl (C=O) groups is 2. The van der Waals surface area contributed by atoms with Crippen molar-refractivity contribution < 1.29 is 14.3 Å². The lowest BCUT2D eigenvalue weighted by molar-refractivity contribution is 0.157. The van der Waals surface area contributed by atoms with Crippen molar-refractivity contribution in [2.24, 2.45) is 5.73 Å². The Labute approximate surface area is 79.9 Å². The molecule has 0 unspecified atom stereocenters. The summed E-state index contributed by atoms with van der Waals surface area (Å²) in [4.78, 5) is 25.0.